The first-order chi connectivity index (χ1) is 16.8. The fourth-order valence-electron chi connectivity index (χ4n) is 4.54. The number of ether oxygens (including phenoxy) is 1. The van der Waals surface area contributed by atoms with Crippen molar-refractivity contribution in [2.45, 2.75) is 31.8 Å². The second-order valence-corrected chi connectivity index (χ2v) is 8.76. The molecule has 0 saturated carbocycles. The lowest BCUT2D eigenvalue weighted by Gasteiger charge is -2.29. The van der Waals surface area contributed by atoms with Crippen LogP contribution in [0.4, 0.5) is 5.69 Å². The number of likely N-dealkylation sites (tertiary alicyclic amines) is 1. The molecule has 8 heteroatoms. The zero-order chi connectivity index (χ0) is 25.1. The maximum Gasteiger partial charge on any atom is 0.326 e. The standard InChI is InChI=1S/C27H25ClN2O5/c1-16(31)29-19-11-12-20(25(15-19)35-2)17-7-9-18(10-8-17)26(32)30-23(13-14-24(30)27(33)34)21-5-3-4-6-22(21)28/h3-12,15,23-24H,13-14H2,1-2H3,(H,29,31)(H,33,34)/t23-,24+/m1/s1. The van der Waals surface area contributed by atoms with Crippen molar-refractivity contribution in [3.63, 3.8) is 0 Å². The van der Waals surface area contributed by atoms with Gasteiger partial charge in [0, 0.05) is 34.8 Å². The first-order valence-electron chi connectivity index (χ1n) is 11.2. The average Bonchev–Trinajstić information content (AvgIpc) is 3.29. The van der Waals surface area contributed by atoms with Crippen LogP contribution in [0.5, 0.6) is 5.75 Å². The Labute approximate surface area is 208 Å². The van der Waals surface area contributed by atoms with E-state index in [4.69, 9.17) is 16.3 Å². The van der Waals surface area contributed by atoms with Gasteiger partial charge >= 0.3 is 5.97 Å². The van der Waals surface area contributed by atoms with Gasteiger partial charge in [-0.05, 0) is 54.3 Å². The van der Waals surface area contributed by atoms with Crippen LogP contribution in [0.25, 0.3) is 11.1 Å². The summed E-state index contributed by atoms with van der Waals surface area (Å²) in [6.45, 7) is 1.43. The van der Waals surface area contributed by atoms with Crippen molar-refractivity contribution in [3.05, 3.63) is 82.9 Å². The number of amides is 2. The second kappa shape index (κ2) is 10.2. The monoisotopic (exact) mass is 492 g/mol. The molecule has 0 bridgehead atoms. The van der Waals surface area contributed by atoms with Gasteiger partial charge in [0.2, 0.25) is 5.91 Å². The topological polar surface area (TPSA) is 95.9 Å². The van der Waals surface area contributed by atoms with Crippen LogP contribution in [0, 0.1) is 0 Å². The molecule has 1 saturated heterocycles. The number of carbonyl (C=O) groups is 3. The Morgan fingerprint density at radius 1 is 1.03 bits per heavy atom. The van der Waals surface area contributed by atoms with Crippen molar-refractivity contribution in [1.29, 1.82) is 0 Å². The number of carboxylic acids is 1. The lowest BCUT2D eigenvalue weighted by atomic mass is 10.0. The molecule has 0 aliphatic carbocycles. The summed E-state index contributed by atoms with van der Waals surface area (Å²) < 4.78 is 5.49. The van der Waals surface area contributed by atoms with E-state index < -0.39 is 18.1 Å². The van der Waals surface area contributed by atoms with Gasteiger partial charge in [0.1, 0.15) is 11.8 Å². The largest absolute Gasteiger partial charge is 0.496 e. The van der Waals surface area contributed by atoms with Crippen LogP contribution in [0.3, 0.4) is 0 Å². The molecule has 2 N–H and O–H groups in total. The summed E-state index contributed by atoms with van der Waals surface area (Å²) in [6, 6.07) is 18.1. The van der Waals surface area contributed by atoms with Crippen molar-refractivity contribution in [2.75, 3.05) is 12.4 Å². The molecule has 0 aromatic heterocycles. The van der Waals surface area contributed by atoms with Gasteiger partial charge in [-0.25, -0.2) is 4.79 Å². The van der Waals surface area contributed by atoms with Crippen molar-refractivity contribution >= 4 is 35.1 Å². The van der Waals surface area contributed by atoms with Crippen LogP contribution in [0.15, 0.2) is 66.7 Å². The van der Waals surface area contributed by atoms with E-state index in [1.807, 2.05) is 18.2 Å². The number of methoxy groups -OCH3 is 1. The molecule has 0 unspecified atom stereocenters. The molecule has 3 aromatic rings. The SMILES string of the molecule is COc1cc(NC(C)=O)ccc1-c1ccc(C(=O)N2[C@@H](c3ccccc3Cl)CC[C@H]2C(=O)O)cc1. The van der Waals surface area contributed by atoms with Crippen molar-refractivity contribution in [1.82, 2.24) is 4.90 Å². The van der Waals surface area contributed by atoms with E-state index in [0.29, 0.717) is 34.9 Å². The van der Waals surface area contributed by atoms with Crippen molar-refractivity contribution in [3.8, 4) is 16.9 Å². The molecule has 35 heavy (non-hydrogen) atoms. The predicted octanol–water partition coefficient (Wildman–Crippen LogP) is 5.40. The number of anilines is 1. The number of halogens is 1. The summed E-state index contributed by atoms with van der Waals surface area (Å²) in [5.74, 6) is -1.01. The third-order valence-electron chi connectivity index (χ3n) is 6.13. The molecule has 7 nitrogen and oxygen atoms in total. The molecule has 4 rings (SSSR count). The third-order valence-corrected chi connectivity index (χ3v) is 6.48. The number of carbonyl (C=O) groups excluding carboxylic acids is 2. The number of carboxylic acid groups (broad SMARTS) is 1. The highest BCUT2D eigenvalue weighted by Crippen LogP contribution is 2.40. The smallest absolute Gasteiger partial charge is 0.326 e. The zero-order valence-electron chi connectivity index (χ0n) is 19.3. The van der Waals surface area contributed by atoms with E-state index in [0.717, 1.165) is 16.7 Å². The van der Waals surface area contributed by atoms with E-state index >= 15 is 0 Å². The number of hydrogen-bond acceptors (Lipinski definition) is 4. The maximum absolute atomic E-state index is 13.5. The van der Waals surface area contributed by atoms with Gasteiger partial charge in [-0.1, -0.05) is 41.9 Å². The molecule has 2 atom stereocenters. The zero-order valence-corrected chi connectivity index (χ0v) is 20.1. The molecule has 0 radical (unpaired) electrons. The number of aliphatic carboxylic acids is 1. The minimum atomic E-state index is -1.03. The lowest BCUT2D eigenvalue weighted by molar-refractivity contribution is -0.141. The van der Waals surface area contributed by atoms with Gasteiger partial charge in [-0.3, -0.25) is 9.59 Å². The van der Waals surface area contributed by atoms with E-state index in [2.05, 4.69) is 5.32 Å². The fraction of sp³-hybridized carbons (Fsp3) is 0.222. The highest BCUT2D eigenvalue weighted by atomic mass is 35.5. The maximum atomic E-state index is 13.5. The molecule has 3 aromatic carbocycles. The van der Waals surface area contributed by atoms with Crippen LogP contribution in [0.2, 0.25) is 5.02 Å². The molecule has 0 spiro atoms. The average molecular weight is 493 g/mol. The number of nitrogens with zero attached hydrogens (tertiary/aromatic N) is 1. The molecule has 1 aliphatic rings. The molecule has 1 heterocycles. The molecular formula is C27H25ClN2O5. The van der Waals surface area contributed by atoms with Gasteiger partial charge in [0.05, 0.1) is 13.2 Å². The van der Waals surface area contributed by atoms with Gasteiger partial charge in [0.15, 0.2) is 0 Å². The summed E-state index contributed by atoms with van der Waals surface area (Å²) in [5, 5.41) is 13.0. The number of hydrogen-bond donors (Lipinski definition) is 2. The summed E-state index contributed by atoms with van der Waals surface area (Å²) >= 11 is 6.38. The first kappa shape index (κ1) is 24.3. The predicted molar refractivity (Wildman–Crippen MR) is 134 cm³/mol. The van der Waals surface area contributed by atoms with Crippen LogP contribution in [0.1, 0.15) is 41.7 Å². The number of nitrogens with one attached hydrogen (secondary N) is 1. The quantitative estimate of drug-likeness (QED) is 0.480. The molecule has 1 aliphatic heterocycles. The Bertz CT molecular complexity index is 1270. The van der Waals surface area contributed by atoms with E-state index in [1.54, 1.807) is 55.6 Å². The second-order valence-electron chi connectivity index (χ2n) is 8.35. The van der Waals surface area contributed by atoms with Crippen LogP contribution < -0.4 is 10.1 Å². The van der Waals surface area contributed by atoms with E-state index in [9.17, 15) is 19.5 Å². The molecular weight excluding hydrogens is 468 g/mol. The fourth-order valence-corrected chi connectivity index (χ4v) is 4.80. The van der Waals surface area contributed by atoms with Crippen LogP contribution in [-0.4, -0.2) is 40.9 Å². The Balaban J connectivity index is 1.64. The number of rotatable bonds is 6. The third kappa shape index (κ3) is 5.00. The highest BCUT2D eigenvalue weighted by Gasteiger charge is 2.42. The van der Waals surface area contributed by atoms with Crippen molar-refractivity contribution < 1.29 is 24.2 Å². The van der Waals surface area contributed by atoms with E-state index in [1.165, 1.54) is 11.8 Å². The van der Waals surface area contributed by atoms with E-state index in [-0.39, 0.29) is 11.8 Å². The molecule has 180 valence electrons. The summed E-state index contributed by atoms with van der Waals surface area (Å²) in [5.41, 5.74) is 3.34. The summed E-state index contributed by atoms with van der Waals surface area (Å²) in [4.78, 5) is 38.3. The van der Waals surface area contributed by atoms with Crippen molar-refractivity contribution in [2.24, 2.45) is 0 Å². The molecule has 2 amide bonds. The van der Waals surface area contributed by atoms with Crippen LogP contribution in [-0.2, 0) is 9.59 Å². The minimum Gasteiger partial charge on any atom is -0.496 e. The highest BCUT2D eigenvalue weighted by molar-refractivity contribution is 6.31. The Morgan fingerprint density at radius 2 is 1.74 bits per heavy atom. The van der Waals surface area contributed by atoms with Crippen LogP contribution >= 0.6 is 11.6 Å². The minimum absolute atomic E-state index is 0.181. The summed E-state index contributed by atoms with van der Waals surface area (Å²) in [7, 11) is 1.54. The van der Waals surface area contributed by atoms with Gasteiger partial charge < -0.3 is 20.1 Å². The Morgan fingerprint density at radius 3 is 2.37 bits per heavy atom. The Hall–Kier alpha value is -3.84. The summed E-state index contributed by atoms with van der Waals surface area (Å²) in [6.07, 6.45) is 0.870. The number of benzene rings is 3. The lowest BCUT2D eigenvalue weighted by Crippen LogP contribution is -2.41. The van der Waals surface area contributed by atoms with Gasteiger partial charge in [-0.2, -0.15) is 0 Å². The first-order valence-corrected chi connectivity index (χ1v) is 11.5. The Kier molecular flexibility index (Phi) is 7.07. The molecule has 1 fully saturated rings. The van der Waals surface area contributed by atoms with Gasteiger partial charge in [0.25, 0.3) is 5.91 Å². The van der Waals surface area contributed by atoms with Gasteiger partial charge in [-0.15, -0.1) is 0 Å². The normalized spacial score (nSPS) is 17.2.